The molecular weight excluding hydrogens is 152 g/mol. The molecule has 0 fully saturated rings. The smallest absolute Gasteiger partial charge is 0.0887 e. The zero-order valence-corrected chi connectivity index (χ0v) is 7.58. The summed E-state index contributed by atoms with van der Waals surface area (Å²) in [6.45, 7) is 5.86. The minimum atomic E-state index is 0.440. The Morgan fingerprint density at radius 2 is 2.42 bits per heavy atom. The highest BCUT2D eigenvalue weighted by atomic mass is 16.5. The summed E-state index contributed by atoms with van der Waals surface area (Å²) >= 11 is 0. The van der Waals surface area contributed by atoms with Gasteiger partial charge >= 0.3 is 0 Å². The fourth-order valence-electron chi connectivity index (χ4n) is 1.59. The molecule has 0 radical (unpaired) electrons. The van der Waals surface area contributed by atoms with Crippen LogP contribution in [0.1, 0.15) is 31.1 Å². The zero-order chi connectivity index (χ0) is 8.55. The summed E-state index contributed by atoms with van der Waals surface area (Å²) < 4.78 is 7.43. The lowest BCUT2D eigenvalue weighted by Gasteiger charge is -2.16. The van der Waals surface area contributed by atoms with Gasteiger partial charge in [0.2, 0.25) is 0 Å². The van der Waals surface area contributed by atoms with Crippen LogP contribution < -0.4 is 0 Å². The summed E-state index contributed by atoms with van der Waals surface area (Å²) in [6, 6.07) is 0.440. The summed E-state index contributed by atoms with van der Waals surface area (Å²) in [5, 5.41) is 4.33. The van der Waals surface area contributed by atoms with E-state index in [0.29, 0.717) is 6.04 Å². The van der Waals surface area contributed by atoms with Crippen LogP contribution in [0.3, 0.4) is 0 Å². The van der Waals surface area contributed by atoms with E-state index in [0.717, 1.165) is 19.6 Å². The number of ether oxygens (including phenoxy) is 1. The molecule has 0 N–H and O–H groups in total. The first-order chi connectivity index (χ1) is 5.79. The normalized spacial score (nSPS) is 16.6. The van der Waals surface area contributed by atoms with Crippen LogP contribution in [0.2, 0.25) is 0 Å². The van der Waals surface area contributed by atoms with Gasteiger partial charge < -0.3 is 4.74 Å². The minimum absolute atomic E-state index is 0.440. The van der Waals surface area contributed by atoms with Gasteiger partial charge in [0.1, 0.15) is 0 Å². The maximum atomic E-state index is 5.38. The van der Waals surface area contributed by atoms with Gasteiger partial charge in [-0.05, 0) is 25.8 Å². The third kappa shape index (κ3) is 1.14. The van der Waals surface area contributed by atoms with Crippen LogP contribution in [0.4, 0.5) is 0 Å². The highest BCUT2D eigenvalue weighted by molar-refractivity contribution is 5.19. The van der Waals surface area contributed by atoms with Gasteiger partial charge in [-0.3, -0.25) is 4.68 Å². The van der Waals surface area contributed by atoms with E-state index < -0.39 is 0 Å². The van der Waals surface area contributed by atoms with Crippen LogP contribution in [-0.2, 0) is 17.8 Å². The molecular formula is C9H14N2O. The second-order valence-electron chi connectivity index (χ2n) is 3.46. The van der Waals surface area contributed by atoms with Crippen molar-refractivity contribution in [1.82, 2.24) is 9.78 Å². The van der Waals surface area contributed by atoms with Crippen molar-refractivity contribution in [2.75, 3.05) is 6.61 Å². The number of fused-ring (bicyclic) bond motifs is 1. The number of aromatic nitrogens is 2. The fraction of sp³-hybridized carbons (Fsp3) is 0.667. The standard InChI is InChI=1S/C9H14N2O/c1-7(2)11-9-6-12-4-3-8(9)5-10-11/h5,7H,3-4,6H2,1-2H3. The molecule has 0 atom stereocenters. The van der Waals surface area contributed by atoms with Crippen molar-refractivity contribution in [3.8, 4) is 0 Å². The average molecular weight is 166 g/mol. The van der Waals surface area contributed by atoms with Gasteiger partial charge in [-0.25, -0.2) is 0 Å². The van der Waals surface area contributed by atoms with E-state index >= 15 is 0 Å². The van der Waals surface area contributed by atoms with E-state index in [4.69, 9.17) is 4.74 Å². The molecule has 3 nitrogen and oxygen atoms in total. The van der Waals surface area contributed by atoms with Crippen LogP contribution in [-0.4, -0.2) is 16.4 Å². The molecule has 0 unspecified atom stereocenters. The molecule has 2 heterocycles. The highest BCUT2D eigenvalue weighted by Gasteiger charge is 2.16. The second kappa shape index (κ2) is 2.90. The van der Waals surface area contributed by atoms with E-state index in [2.05, 4.69) is 23.6 Å². The van der Waals surface area contributed by atoms with Crippen molar-refractivity contribution in [1.29, 1.82) is 0 Å². The molecule has 12 heavy (non-hydrogen) atoms. The molecule has 1 aliphatic heterocycles. The number of rotatable bonds is 1. The van der Waals surface area contributed by atoms with Crippen molar-refractivity contribution >= 4 is 0 Å². The summed E-state index contributed by atoms with van der Waals surface area (Å²) in [4.78, 5) is 0. The van der Waals surface area contributed by atoms with Crippen LogP contribution in [0.25, 0.3) is 0 Å². The van der Waals surface area contributed by atoms with Gasteiger partial charge in [0, 0.05) is 6.04 Å². The Labute approximate surface area is 72.3 Å². The van der Waals surface area contributed by atoms with Crippen molar-refractivity contribution < 1.29 is 4.74 Å². The molecule has 1 aromatic heterocycles. The summed E-state index contributed by atoms with van der Waals surface area (Å²) in [5.41, 5.74) is 2.62. The lowest BCUT2D eigenvalue weighted by molar-refractivity contribution is 0.103. The van der Waals surface area contributed by atoms with Gasteiger partial charge in [-0.2, -0.15) is 5.10 Å². The molecule has 0 aliphatic carbocycles. The Bertz CT molecular complexity index is 278. The predicted octanol–water partition coefficient (Wildman–Crippen LogP) is 1.54. The molecule has 0 saturated heterocycles. The Hall–Kier alpha value is -0.830. The van der Waals surface area contributed by atoms with Gasteiger partial charge in [-0.1, -0.05) is 0 Å². The van der Waals surface area contributed by atoms with Crippen molar-refractivity contribution in [2.24, 2.45) is 0 Å². The maximum Gasteiger partial charge on any atom is 0.0887 e. The molecule has 66 valence electrons. The van der Waals surface area contributed by atoms with E-state index in [1.165, 1.54) is 11.3 Å². The number of hydrogen-bond acceptors (Lipinski definition) is 2. The first-order valence-corrected chi connectivity index (χ1v) is 4.42. The average Bonchev–Trinajstić information content (AvgIpc) is 2.47. The maximum absolute atomic E-state index is 5.38. The molecule has 0 amide bonds. The Morgan fingerprint density at radius 3 is 3.17 bits per heavy atom. The van der Waals surface area contributed by atoms with E-state index in [1.54, 1.807) is 0 Å². The van der Waals surface area contributed by atoms with Gasteiger partial charge in [-0.15, -0.1) is 0 Å². The third-order valence-electron chi connectivity index (χ3n) is 2.23. The van der Waals surface area contributed by atoms with Crippen molar-refractivity contribution in [2.45, 2.75) is 32.9 Å². The molecule has 2 rings (SSSR count). The van der Waals surface area contributed by atoms with Crippen molar-refractivity contribution in [3.63, 3.8) is 0 Å². The predicted molar refractivity (Wildman–Crippen MR) is 46.0 cm³/mol. The Balaban J connectivity index is 2.38. The van der Waals surface area contributed by atoms with E-state index in [-0.39, 0.29) is 0 Å². The molecule has 0 bridgehead atoms. The van der Waals surface area contributed by atoms with Crippen LogP contribution >= 0.6 is 0 Å². The lowest BCUT2D eigenvalue weighted by atomic mass is 10.1. The Kier molecular flexibility index (Phi) is 1.89. The molecule has 1 aromatic rings. The fourth-order valence-corrected chi connectivity index (χ4v) is 1.59. The molecule has 1 aliphatic rings. The summed E-state index contributed by atoms with van der Waals surface area (Å²) in [5.74, 6) is 0. The van der Waals surface area contributed by atoms with Crippen LogP contribution in [0.5, 0.6) is 0 Å². The quantitative estimate of drug-likeness (QED) is 0.632. The molecule has 0 aromatic carbocycles. The Morgan fingerprint density at radius 1 is 1.58 bits per heavy atom. The van der Waals surface area contributed by atoms with E-state index in [9.17, 15) is 0 Å². The number of nitrogens with zero attached hydrogens (tertiary/aromatic N) is 2. The van der Waals surface area contributed by atoms with Gasteiger partial charge in [0.25, 0.3) is 0 Å². The topological polar surface area (TPSA) is 27.1 Å². The minimum Gasteiger partial charge on any atom is -0.375 e. The first kappa shape index (κ1) is 7.80. The second-order valence-corrected chi connectivity index (χ2v) is 3.46. The van der Waals surface area contributed by atoms with Gasteiger partial charge in [0.15, 0.2) is 0 Å². The first-order valence-electron chi connectivity index (χ1n) is 4.42. The lowest BCUT2D eigenvalue weighted by Crippen LogP contribution is -2.14. The molecule has 3 heteroatoms. The van der Waals surface area contributed by atoms with Crippen molar-refractivity contribution in [3.05, 3.63) is 17.5 Å². The third-order valence-corrected chi connectivity index (χ3v) is 2.23. The molecule has 0 spiro atoms. The SMILES string of the molecule is CC(C)n1ncc2c1COCC2. The highest BCUT2D eigenvalue weighted by Crippen LogP contribution is 2.18. The largest absolute Gasteiger partial charge is 0.375 e. The monoisotopic (exact) mass is 166 g/mol. The zero-order valence-electron chi connectivity index (χ0n) is 7.58. The molecule has 0 saturated carbocycles. The van der Waals surface area contributed by atoms with Crippen LogP contribution in [0.15, 0.2) is 6.20 Å². The summed E-state index contributed by atoms with van der Waals surface area (Å²) in [7, 11) is 0. The van der Waals surface area contributed by atoms with E-state index in [1.807, 2.05) is 6.20 Å². The summed E-state index contributed by atoms with van der Waals surface area (Å²) in [6.07, 6.45) is 2.99. The number of hydrogen-bond donors (Lipinski definition) is 0. The van der Waals surface area contributed by atoms with Crippen LogP contribution in [0, 0.1) is 0 Å². The van der Waals surface area contributed by atoms with Gasteiger partial charge in [0.05, 0.1) is 25.1 Å².